The molecule has 0 unspecified atom stereocenters. The number of carbonyl (C=O) groups excluding carboxylic acids is 1. The highest BCUT2D eigenvalue weighted by atomic mass is 16.5. The third kappa shape index (κ3) is 3.12. The minimum Gasteiger partial charge on any atom is -0.378 e. The van der Waals surface area contributed by atoms with E-state index >= 15 is 0 Å². The van der Waals surface area contributed by atoms with Crippen molar-refractivity contribution in [3.63, 3.8) is 0 Å². The number of likely N-dealkylation sites (tertiary alicyclic amines) is 1. The highest BCUT2D eigenvalue weighted by Gasteiger charge is 2.49. The number of amides is 1. The van der Waals surface area contributed by atoms with Crippen molar-refractivity contribution < 1.29 is 9.53 Å². The maximum atomic E-state index is 12.5. The van der Waals surface area contributed by atoms with Crippen LogP contribution in [0.3, 0.4) is 0 Å². The van der Waals surface area contributed by atoms with Gasteiger partial charge in [0.2, 0.25) is 5.91 Å². The SMILES string of the molecule is CCOC1CC2(CCN(C(=O)CN(C)c3ccccc3)C2)C1. The molecule has 1 aliphatic heterocycles. The number of hydrogen-bond acceptors (Lipinski definition) is 3. The van der Waals surface area contributed by atoms with Gasteiger partial charge in [-0.2, -0.15) is 0 Å². The molecule has 1 saturated carbocycles. The van der Waals surface area contributed by atoms with E-state index in [1.807, 2.05) is 47.2 Å². The normalized spacial score (nSPS) is 27.0. The van der Waals surface area contributed by atoms with Gasteiger partial charge in [-0.25, -0.2) is 0 Å². The van der Waals surface area contributed by atoms with Gasteiger partial charge in [0.1, 0.15) is 0 Å². The third-order valence-electron chi connectivity index (χ3n) is 5.08. The van der Waals surface area contributed by atoms with Crippen LogP contribution >= 0.6 is 0 Å². The minimum absolute atomic E-state index is 0.239. The van der Waals surface area contributed by atoms with E-state index < -0.39 is 0 Å². The molecule has 1 saturated heterocycles. The van der Waals surface area contributed by atoms with E-state index in [2.05, 4.69) is 6.92 Å². The average molecular weight is 302 g/mol. The van der Waals surface area contributed by atoms with Crippen LogP contribution < -0.4 is 4.90 Å². The number of ether oxygens (including phenoxy) is 1. The second-order valence-electron chi connectivity index (χ2n) is 6.74. The fourth-order valence-corrected chi connectivity index (χ4v) is 3.82. The number of anilines is 1. The summed E-state index contributed by atoms with van der Waals surface area (Å²) in [6, 6.07) is 10.1. The average Bonchev–Trinajstić information content (AvgIpc) is 2.93. The highest BCUT2D eigenvalue weighted by molar-refractivity contribution is 5.81. The molecular weight excluding hydrogens is 276 g/mol. The monoisotopic (exact) mass is 302 g/mol. The van der Waals surface area contributed by atoms with Crippen molar-refractivity contribution in [1.82, 2.24) is 4.90 Å². The number of benzene rings is 1. The molecule has 1 heterocycles. The van der Waals surface area contributed by atoms with Crippen molar-refractivity contribution in [3.05, 3.63) is 30.3 Å². The van der Waals surface area contributed by atoms with Crippen molar-refractivity contribution in [3.8, 4) is 0 Å². The maximum Gasteiger partial charge on any atom is 0.242 e. The van der Waals surface area contributed by atoms with Crippen LogP contribution in [0.1, 0.15) is 26.2 Å². The molecule has 1 aromatic carbocycles. The van der Waals surface area contributed by atoms with Gasteiger partial charge in [0.05, 0.1) is 12.6 Å². The second-order valence-corrected chi connectivity index (χ2v) is 6.74. The molecule has 0 N–H and O–H groups in total. The van der Waals surface area contributed by atoms with E-state index in [4.69, 9.17) is 4.74 Å². The molecule has 4 nitrogen and oxygen atoms in total. The zero-order valence-corrected chi connectivity index (χ0v) is 13.6. The van der Waals surface area contributed by atoms with E-state index in [1.165, 1.54) is 0 Å². The quantitative estimate of drug-likeness (QED) is 0.838. The molecule has 1 aromatic rings. The lowest BCUT2D eigenvalue weighted by Crippen LogP contribution is -2.46. The van der Waals surface area contributed by atoms with Crippen molar-refractivity contribution in [1.29, 1.82) is 0 Å². The number of likely N-dealkylation sites (N-methyl/N-ethyl adjacent to an activating group) is 1. The lowest BCUT2D eigenvalue weighted by molar-refractivity contribution is -0.130. The third-order valence-corrected chi connectivity index (χ3v) is 5.08. The summed E-state index contributed by atoms with van der Waals surface area (Å²) in [5.41, 5.74) is 1.44. The fraction of sp³-hybridized carbons (Fsp3) is 0.611. The molecule has 0 atom stereocenters. The van der Waals surface area contributed by atoms with Gasteiger partial charge < -0.3 is 14.5 Å². The van der Waals surface area contributed by atoms with Crippen LogP contribution in [0, 0.1) is 5.41 Å². The second kappa shape index (κ2) is 6.29. The van der Waals surface area contributed by atoms with Crippen LogP contribution in [0.15, 0.2) is 30.3 Å². The summed E-state index contributed by atoms with van der Waals surface area (Å²) in [6.45, 7) is 5.12. The first-order chi connectivity index (χ1) is 10.6. The molecule has 1 spiro atoms. The van der Waals surface area contributed by atoms with Gasteiger partial charge in [0, 0.05) is 32.4 Å². The maximum absolute atomic E-state index is 12.5. The van der Waals surface area contributed by atoms with Gasteiger partial charge in [-0.3, -0.25) is 4.79 Å². The van der Waals surface area contributed by atoms with E-state index in [9.17, 15) is 4.79 Å². The number of nitrogens with zero attached hydrogens (tertiary/aromatic N) is 2. The molecule has 120 valence electrons. The summed E-state index contributed by atoms with van der Waals surface area (Å²) in [6.07, 6.45) is 3.81. The van der Waals surface area contributed by atoms with E-state index in [0.717, 1.165) is 44.6 Å². The molecule has 0 aromatic heterocycles. The molecule has 2 aliphatic rings. The lowest BCUT2D eigenvalue weighted by atomic mass is 9.66. The lowest BCUT2D eigenvalue weighted by Gasteiger charge is -2.44. The van der Waals surface area contributed by atoms with Gasteiger partial charge >= 0.3 is 0 Å². The first kappa shape index (κ1) is 15.3. The Labute approximate surface area is 133 Å². The van der Waals surface area contributed by atoms with Gasteiger partial charge in [0.25, 0.3) is 0 Å². The topological polar surface area (TPSA) is 32.8 Å². The molecule has 2 fully saturated rings. The van der Waals surface area contributed by atoms with Crippen molar-refractivity contribution in [2.75, 3.05) is 38.2 Å². The predicted octanol–water partition coefficient (Wildman–Crippen LogP) is 2.54. The molecule has 0 bridgehead atoms. The molecule has 1 amide bonds. The van der Waals surface area contributed by atoms with Crippen molar-refractivity contribution >= 4 is 11.6 Å². The summed E-state index contributed by atoms with van der Waals surface area (Å²) in [4.78, 5) is 16.6. The van der Waals surface area contributed by atoms with E-state index in [-0.39, 0.29) is 5.91 Å². The van der Waals surface area contributed by atoms with Crippen molar-refractivity contribution in [2.45, 2.75) is 32.3 Å². The Balaban J connectivity index is 1.50. The van der Waals surface area contributed by atoms with Crippen molar-refractivity contribution in [2.24, 2.45) is 5.41 Å². The fourth-order valence-electron chi connectivity index (χ4n) is 3.82. The van der Waals surface area contributed by atoms with Crippen LogP contribution in [0.5, 0.6) is 0 Å². The molecule has 3 rings (SSSR count). The van der Waals surface area contributed by atoms with Crippen LogP contribution in [0.4, 0.5) is 5.69 Å². The first-order valence-electron chi connectivity index (χ1n) is 8.27. The van der Waals surface area contributed by atoms with E-state index in [0.29, 0.717) is 18.1 Å². The minimum atomic E-state index is 0.239. The molecule has 22 heavy (non-hydrogen) atoms. The summed E-state index contributed by atoms with van der Waals surface area (Å²) in [5, 5.41) is 0. The first-order valence-corrected chi connectivity index (χ1v) is 8.27. The Bertz CT molecular complexity index is 511. The molecular formula is C18H26N2O2. The number of carbonyl (C=O) groups is 1. The summed E-state index contributed by atoms with van der Waals surface area (Å²) < 4.78 is 5.67. The smallest absolute Gasteiger partial charge is 0.242 e. The summed E-state index contributed by atoms with van der Waals surface area (Å²) in [5.74, 6) is 0.239. The Kier molecular flexibility index (Phi) is 4.39. The van der Waals surface area contributed by atoms with Gasteiger partial charge in [0.15, 0.2) is 0 Å². The Morgan fingerprint density at radius 3 is 2.77 bits per heavy atom. The molecule has 4 heteroatoms. The van der Waals surface area contributed by atoms with Crippen LogP contribution in [-0.4, -0.2) is 50.2 Å². The summed E-state index contributed by atoms with van der Waals surface area (Å²) in [7, 11) is 1.98. The van der Waals surface area contributed by atoms with Gasteiger partial charge in [-0.15, -0.1) is 0 Å². The van der Waals surface area contributed by atoms with Gasteiger partial charge in [-0.1, -0.05) is 18.2 Å². The highest BCUT2D eigenvalue weighted by Crippen LogP contribution is 2.49. The Morgan fingerprint density at radius 2 is 2.09 bits per heavy atom. The van der Waals surface area contributed by atoms with E-state index in [1.54, 1.807) is 0 Å². The Hall–Kier alpha value is -1.55. The zero-order valence-electron chi connectivity index (χ0n) is 13.6. The number of rotatable bonds is 5. The largest absolute Gasteiger partial charge is 0.378 e. The van der Waals surface area contributed by atoms with Crippen LogP contribution in [0.2, 0.25) is 0 Å². The molecule has 1 aliphatic carbocycles. The Morgan fingerprint density at radius 1 is 1.36 bits per heavy atom. The van der Waals surface area contributed by atoms with Gasteiger partial charge in [-0.05, 0) is 43.7 Å². The number of para-hydroxylation sites is 1. The summed E-state index contributed by atoms with van der Waals surface area (Å²) >= 11 is 0. The standard InChI is InChI=1S/C18H26N2O2/c1-3-22-16-11-18(12-16)9-10-20(14-18)17(21)13-19(2)15-7-5-4-6-8-15/h4-8,16H,3,9-14H2,1-2H3. The van der Waals surface area contributed by atoms with Crippen LogP contribution in [-0.2, 0) is 9.53 Å². The predicted molar refractivity (Wildman–Crippen MR) is 88.0 cm³/mol. The van der Waals surface area contributed by atoms with Crippen LogP contribution in [0.25, 0.3) is 0 Å². The zero-order chi connectivity index (χ0) is 15.6. The molecule has 0 radical (unpaired) electrons. The number of hydrogen-bond donors (Lipinski definition) is 0.